The molecule has 0 aromatic carbocycles. The second-order valence-corrected chi connectivity index (χ2v) is 3.86. The molecule has 1 fully saturated rings. The predicted molar refractivity (Wildman–Crippen MR) is 58.5 cm³/mol. The maximum Gasteiger partial charge on any atom is 0.241 e. The van der Waals surface area contributed by atoms with Crippen LogP contribution in [0.15, 0.2) is 24.5 Å². The number of anilines is 1. The number of amides is 1. The minimum Gasteiger partial charge on any atom is -0.325 e. The summed E-state index contributed by atoms with van der Waals surface area (Å²) < 4.78 is 0. The summed E-state index contributed by atoms with van der Waals surface area (Å²) in [4.78, 5) is 17.8. The molecule has 4 heteroatoms. The Morgan fingerprint density at radius 3 is 2.87 bits per heavy atom. The van der Waals surface area contributed by atoms with E-state index in [4.69, 9.17) is 0 Å². The summed E-state index contributed by atoms with van der Waals surface area (Å²) >= 11 is 0. The van der Waals surface area contributed by atoms with Crippen molar-refractivity contribution in [3.8, 4) is 0 Å². The molecular weight excluding hydrogens is 190 g/mol. The first-order valence-electron chi connectivity index (χ1n) is 5.18. The van der Waals surface area contributed by atoms with Crippen LogP contribution in [0.2, 0.25) is 0 Å². The third-order valence-corrected chi connectivity index (χ3v) is 2.77. The number of pyridine rings is 1. The van der Waals surface area contributed by atoms with Crippen molar-refractivity contribution in [2.45, 2.75) is 18.9 Å². The molecule has 80 valence electrons. The van der Waals surface area contributed by atoms with Gasteiger partial charge in [0.05, 0.1) is 6.04 Å². The molecule has 2 rings (SSSR count). The normalized spacial score (nSPS) is 21.5. The Morgan fingerprint density at radius 1 is 1.53 bits per heavy atom. The molecule has 2 heterocycles. The van der Waals surface area contributed by atoms with Crippen LogP contribution in [0.1, 0.15) is 12.8 Å². The zero-order valence-electron chi connectivity index (χ0n) is 8.81. The van der Waals surface area contributed by atoms with Crippen molar-refractivity contribution in [1.29, 1.82) is 0 Å². The van der Waals surface area contributed by atoms with Gasteiger partial charge in [-0.1, -0.05) is 0 Å². The molecule has 0 unspecified atom stereocenters. The average molecular weight is 205 g/mol. The minimum atomic E-state index is 0.0261. The third kappa shape index (κ3) is 2.33. The van der Waals surface area contributed by atoms with E-state index >= 15 is 0 Å². The Balaban J connectivity index is 1.98. The molecule has 1 aromatic rings. The van der Waals surface area contributed by atoms with Crippen LogP contribution in [0.4, 0.5) is 5.69 Å². The van der Waals surface area contributed by atoms with Crippen LogP contribution in [0.3, 0.4) is 0 Å². The molecule has 0 aliphatic carbocycles. The highest BCUT2D eigenvalue weighted by atomic mass is 16.2. The zero-order chi connectivity index (χ0) is 10.7. The van der Waals surface area contributed by atoms with Gasteiger partial charge in [0, 0.05) is 18.1 Å². The maximum absolute atomic E-state index is 11.9. The monoisotopic (exact) mass is 205 g/mol. The van der Waals surface area contributed by atoms with Gasteiger partial charge in [0.1, 0.15) is 0 Å². The SMILES string of the molecule is CN1CCC[C@H]1C(=O)Nc1ccncc1. The highest BCUT2D eigenvalue weighted by molar-refractivity contribution is 5.94. The van der Waals surface area contributed by atoms with Crippen molar-refractivity contribution in [3.05, 3.63) is 24.5 Å². The lowest BCUT2D eigenvalue weighted by Gasteiger charge is -2.18. The van der Waals surface area contributed by atoms with E-state index in [0.717, 1.165) is 25.1 Å². The van der Waals surface area contributed by atoms with E-state index in [1.165, 1.54) is 0 Å². The van der Waals surface area contributed by atoms with E-state index < -0.39 is 0 Å². The van der Waals surface area contributed by atoms with Crippen molar-refractivity contribution in [2.75, 3.05) is 18.9 Å². The number of aromatic nitrogens is 1. The van der Waals surface area contributed by atoms with Crippen molar-refractivity contribution in [3.63, 3.8) is 0 Å². The lowest BCUT2D eigenvalue weighted by Crippen LogP contribution is -2.37. The number of carbonyl (C=O) groups is 1. The Hall–Kier alpha value is -1.42. The molecule has 0 bridgehead atoms. The average Bonchev–Trinajstić information content (AvgIpc) is 2.66. The number of hydrogen-bond donors (Lipinski definition) is 1. The van der Waals surface area contributed by atoms with Gasteiger partial charge in [0.2, 0.25) is 5.91 Å². The molecule has 1 N–H and O–H groups in total. The summed E-state index contributed by atoms with van der Waals surface area (Å²) in [5, 5.41) is 2.89. The van der Waals surface area contributed by atoms with Gasteiger partial charge in [0.15, 0.2) is 0 Å². The molecule has 15 heavy (non-hydrogen) atoms. The molecular formula is C11H15N3O. The Kier molecular flexibility index (Phi) is 2.97. The number of likely N-dealkylation sites (tertiary alicyclic amines) is 1. The summed E-state index contributed by atoms with van der Waals surface area (Å²) in [6.45, 7) is 1.01. The first-order valence-corrected chi connectivity index (χ1v) is 5.18. The van der Waals surface area contributed by atoms with Gasteiger partial charge < -0.3 is 5.32 Å². The molecule has 1 amide bonds. The van der Waals surface area contributed by atoms with Gasteiger partial charge in [-0.15, -0.1) is 0 Å². The lowest BCUT2D eigenvalue weighted by atomic mass is 10.2. The Morgan fingerprint density at radius 2 is 2.27 bits per heavy atom. The minimum absolute atomic E-state index is 0.0261. The van der Waals surface area contributed by atoms with Gasteiger partial charge in [0.25, 0.3) is 0 Å². The maximum atomic E-state index is 11.9. The van der Waals surface area contributed by atoms with Crippen LogP contribution >= 0.6 is 0 Å². The highest BCUT2D eigenvalue weighted by Crippen LogP contribution is 2.16. The van der Waals surface area contributed by atoms with Crippen LogP contribution in [-0.2, 0) is 4.79 Å². The van der Waals surface area contributed by atoms with Gasteiger partial charge in [-0.05, 0) is 38.6 Å². The number of nitrogens with zero attached hydrogens (tertiary/aromatic N) is 2. The van der Waals surface area contributed by atoms with E-state index in [-0.39, 0.29) is 11.9 Å². The van der Waals surface area contributed by atoms with E-state index in [2.05, 4.69) is 15.2 Å². The molecule has 1 saturated heterocycles. The fourth-order valence-electron chi connectivity index (χ4n) is 1.90. The van der Waals surface area contributed by atoms with Crippen LogP contribution in [0.5, 0.6) is 0 Å². The summed E-state index contributed by atoms with van der Waals surface area (Å²) in [5.74, 6) is 0.0844. The molecule has 0 spiro atoms. The zero-order valence-corrected chi connectivity index (χ0v) is 8.81. The predicted octanol–water partition coefficient (Wildman–Crippen LogP) is 1.11. The second-order valence-electron chi connectivity index (χ2n) is 3.86. The van der Waals surface area contributed by atoms with Gasteiger partial charge in [-0.25, -0.2) is 0 Å². The summed E-state index contributed by atoms with van der Waals surface area (Å²) in [7, 11) is 1.99. The molecule has 0 radical (unpaired) electrons. The molecule has 1 aliphatic rings. The summed E-state index contributed by atoms with van der Waals surface area (Å²) in [5.41, 5.74) is 0.815. The highest BCUT2D eigenvalue weighted by Gasteiger charge is 2.27. The van der Waals surface area contributed by atoms with Crippen molar-refractivity contribution < 1.29 is 4.79 Å². The number of carbonyl (C=O) groups excluding carboxylic acids is 1. The lowest BCUT2D eigenvalue weighted by molar-refractivity contribution is -0.119. The summed E-state index contributed by atoms with van der Waals surface area (Å²) in [6.07, 6.45) is 5.40. The van der Waals surface area contributed by atoms with E-state index in [9.17, 15) is 4.79 Å². The summed E-state index contributed by atoms with van der Waals surface area (Å²) in [6, 6.07) is 3.62. The van der Waals surface area contributed by atoms with E-state index in [0.29, 0.717) is 0 Å². The molecule has 4 nitrogen and oxygen atoms in total. The second kappa shape index (κ2) is 4.40. The van der Waals surface area contributed by atoms with Crippen molar-refractivity contribution in [2.24, 2.45) is 0 Å². The third-order valence-electron chi connectivity index (χ3n) is 2.77. The van der Waals surface area contributed by atoms with Crippen LogP contribution < -0.4 is 5.32 Å². The van der Waals surface area contributed by atoms with Crippen molar-refractivity contribution >= 4 is 11.6 Å². The fraction of sp³-hybridized carbons (Fsp3) is 0.455. The standard InChI is InChI=1S/C11H15N3O/c1-14-8-2-3-10(14)11(15)13-9-4-6-12-7-5-9/h4-7,10H,2-3,8H2,1H3,(H,12,13,15)/t10-/m0/s1. The van der Waals surface area contributed by atoms with E-state index in [1.807, 2.05) is 7.05 Å². The largest absolute Gasteiger partial charge is 0.325 e. The van der Waals surface area contributed by atoms with Gasteiger partial charge >= 0.3 is 0 Å². The number of nitrogens with one attached hydrogen (secondary N) is 1. The smallest absolute Gasteiger partial charge is 0.241 e. The van der Waals surface area contributed by atoms with Crippen LogP contribution in [0, 0.1) is 0 Å². The van der Waals surface area contributed by atoms with Gasteiger partial charge in [-0.3, -0.25) is 14.7 Å². The Labute approximate surface area is 89.3 Å². The molecule has 1 aliphatic heterocycles. The first-order chi connectivity index (χ1) is 7.27. The quantitative estimate of drug-likeness (QED) is 0.786. The fourth-order valence-corrected chi connectivity index (χ4v) is 1.90. The molecule has 1 atom stereocenters. The van der Waals surface area contributed by atoms with E-state index in [1.54, 1.807) is 24.5 Å². The van der Waals surface area contributed by atoms with Gasteiger partial charge in [-0.2, -0.15) is 0 Å². The van der Waals surface area contributed by atoms with Crippen LogP contribution in [-0.4, -0.2) is 35.4 Å². The number of hydrogen-bond acceptors (Lipinski definition) is 3. The number of likely N-dealkylation sites (N-methyl/N-ethyl adjacent to an activating group) is 1. The van der Waals surface area contributed by atoms with Crippen molar-refractivity contribution in [1.82, 2.24) is 9.88 Å². The topological polar surface area (TPSA) is 45.2 Å². The Bertz CT molecular complexity index is 339. The number of rotatable bonds is 2. The first kappa shape index (κ1) is 10.1. The van der Waals surface area contributed by atoms with Crippen LogP contribution in [0.25, 0.3) is 0 Å². The molecule has 1 aromatic heterocycles. The molecule has 0 saturated carbocycles.